The number of hydrogen-bond acceptors (Lipinski definition) is 5. The molecule has 0 saturated carbocycles. The van der Waals surface area contributed by atoms with Gasteiger partial charge in [-0.25, -0.2) is 4.79 Å². The summed E-state index contributed by atoms with van der Waals surface area (Å²) in [5.74, 6) is 0. The van der Waals surface area contributed by atoms with Crippen LogP contribution in [0.3, 0.4) is 0 Å². The van der Waals surface area contributed by atoms with Crippen molar-refractivity contribution < 1.29 is 14.9 Å². The van der Waals surface area contributed by atoms with Crippen LogP contribution >= 0.6 is 6.89 Å². The molecule has 0 radical (unpaired) electrons. The SMILES string of the molecule is C=P(C)(C)CCC1OC(c2cn(C)c(=O)n(C)c2=O)[C@H](O)[C@@H]1O. The summed E-state index contributed by atoms with van der Waals surface area (Å²) >= 11 is 0. The largest absolute Gasteiger partial charge is 0.388 e. The number of aliphatic hydroxyl groups excluding tert-OH is 2. The molecule has 7 nitrogen and oxygen atoms in total. The number of aryl methyl sites for hydroxylation is 1. The third-order valence-electron chi connectivity index (χ3n) is 4.16. The molecule has 0 amide bonds. The van der Waals surface area contributed by atoms with Crippen LogP contribution < -0.4 is 11.2 Å². The molecule has 1 aliphatic heterocycles. The molecule has 2 unspecified atom stereocenters. The van der Waals surface area contributed by atoms with Crippen molar-refractivity contribution in [3.8, 4) is 0 Å². The zero-order valence-electron chi connectivity index (χ0n) is 14.0. The molecule has 130 valence electrons. The molecule has 0 aromatic carbocycles. The molecule has 0 aliphatic carbocycles. The Balaban J connectivity index is 2.30. The quantitative estimate of drug-likeness (QED) is 0.708. The van der Waals surface area contributed by atoms with Crippen molar-refractivity contribution in [2.45, 2.75) is 30.8 Å². The molecule has 0 spiro atoms. The zero-order chi connectivity index (χ0) is 17.5. The van der Waals surface area contributed by atoms with E-state index in [4.69, 9.17) is 4.74 Å². The lowest BCUT2D eigenvalue weighted by Crippen LogP contribution is -2.40. The monoisotopic (exact) mass is 344 g/mol. The van der Waals surface area contributed by atoms with Crippen molar-refractivity contribution in [2.24, 2.45) is 14.1 Å². The topological polar surface area (TPSA) is 93.7 Å². The predicted molar refractivity (Wildman–Crippen MR) is 91.9 cm³/mol. The van der Waals surface area contributed by atoms with E-state index in [-0.39, 0.29) is 5.56 Å². The molecule has 1 fully saturated rings. The predicted octanol–water partition coefficient (Wildman–Crippen LogP) is -0.655. The van der Waals surface area contributed by atoms with Gasteiger partial charge in [0.15, 0.2) is 0 Å². The minimum atomic E-state index is -1.27. The molecular weight excluding hydrogens is 319 g/mol. The van der Waals surface area contributed by atoms with E-state index in [0.717, 1.165) is 10.7 Å². The molecule has 1 aromatic rings. The van der Waals surface area contributed by atoms with Gasteiger partial charge in [0.05, 0.1) is 11.7 Å². The van der Waals surface area contributed by atoms with Crippen molar-refractivity contribution in [2.75, 3.05) is 19.5 Å². The van der Waals surface area contributed by atoms with Crippen LogP contribution in [0.25, 0.3) is 0 Å². The molecule has 2 heterocycles. The Hall–Kier alpha value is -1.14. The van der Waals surface area contributed by atoms with Gasteiger partial charge in [0.2, 0.25) is 0 Å². The van der Waals surface area contributed by atoms with Crippen LogP contribution in [-0.4, -0.2) is 63.5 Å². The summed E-state index contributed by atoms with van der Waals surface area (Å²) in [6.07, 6.45) is 3.14. The first-order chi connectivity index (χ1) is 10.5. The molecule has 0 bridgehead atoms. The Labute approximate surface area is 135 Å². The van der Waals surface area contributed by atoms with Crippen LogP contribution in [0.15, 0.2) is 15.8 Å². The maximum absolute atomic E-state index is 12.3. The van der Waals surface area contributed by atoms with E-state index in [1.54, 1.807) is 0 Å². The average molecular weight is 344 g/mol. The number of aromatic nitrogens is 2. The minimum Gasteiger partial charge on any atom is -0.388 e. The first kappa shape index (κ1) is 18.2. The number of nitrogens with zero attached hydrogens (tertiary/aromatic N) is 2. The molecule has 2 rings (SSSR count). The van der Waals surface area contributed by atoms with Gasteiger partial charge in [0.1, 0.15) is 18.3 Å². The highest BCUT2D eigenvalue weighted by Crippen LogP contribution is 2.40. The smallest absolute Gasteiger partial charge is 0.330 e. The van der Waals surface area contributed by atoms with Crippen molar-refractivity contribution in [3.05, 3.63) is 32.6 Å². The number of aliphatic hydroxyl groups is 2. The first-order valence-corrected chi connectivity index (χ1v) is 10.5. The third-order valence-corrected chi connectivity index (χ3v) is 5.63. The minimum absolute atomic E-state index is 0.173. The Kier molecular flexibility index (Phi) is 5.06. The van der Waals surface area contributed by atoms with E-state index in [0.29, 0.717) is 6.42 Å². The second-order valence-electron chi connectivity index (χ2n) is 6.87. The van der Waals surface area contributed by atoms with E-state index >= 15 is 0 Å². The highest BCUT2D eigenvalue weighted by molar-refractivity contribution is 7.72. The maximum atomic E-state index is 12.3. The van der Waals surface area contributed by atoms with Gasteiger partial charge >= 0.3 is 5.69 Å². The molecule has 2 N–H and O–H groups in total. The van der Waals surface area contributed by atoms with Crippen molar-refractivity contribution in [3.63, 3.8) is 0 Å². The fourth-order valence-corrected chi connectivity index (χ4v) is 3.71. The fourth-order valence-electron chi connectivity index (χ4n) is 2.75. The van der Waals surface area contributed by atoms with Crippen molar-refractivity contribution in [1.29, 1.82) is 0 Å². The second kappa shape index (κ2) is 6.40. The second-order valence-corrected chi connectivity index (χ2v) is 11.2. The Morgan fingerprint density at radius 3 is 2.43 bits per heavy atom. The van der Waals surface area contributed by atoms with Gasteiger partial charge in [-0.2, -0.15) is 0 Å². The molecule has 4 atom stereocenters. The summed E-state index contributed by atoms with van der Waals surface area (Å²) in [5.41, 5.74) is -0.797. The Morgan fingerprint density at radius 1 is 1.26 bits per heavy atom. The highest BCUT2D eigenvalue weighted by atomic mass is 31.2. The van der Waals surface area contributed by atoms with E-state index in [9.17, 15) is 19.8 Å². The van der Waals surface area contributed by atoms with Crippen LogP contribution in [-0.2, 0) is 18.8 Å². The maximum Gasteiger partial charge on any atom is 0.330 e. The van der Waals surface area contributed by atoms with Gasteiger partial charge in [0.25, 0.3) is 5.56 Å². The standard InChI is InChI=1S/C15H25N2O5P/c1-16-8-9(14(20)17(2)15(16)21)13-12(19)11(18)10(22-13)6-7-23(3,4)5/h8,10-13,18-19H,3,6-7H2,1-2,4-5H3/t10?,11-,12-,13?/m1/s1. The van der Waals surface area contributed by atoms with E-state index < -0.39 is 42.6 Å². The summed E-state index contributed by atoms with van der Waals surface area (Å²) in [6, 6.07) is 0. The lowest BCUT2D eigenvalue weighted by molar-refractivity contribution is 0.00476. The van der Waals surface area contributed by atoms with Gasteiger partial charge in [-0.1, -0.05) is 0 Å². The third kappa shape index (κ3) is 3.69. The fraction of sp³-hybridized carbons (Fsp3) is 0.667. The van der Waals surface area contributed by atoms with E-state index in [1.165, 1.54) is 24.9 Å². The summed E-state index contributed by atoms with van der Waals surface area (Å²) in [5, 5.41) is 20.5. The molecular formula is C15H25N2O5P. The van der Waals surface area contributed by atoms with Gasteiger partial charge in [-0.15, -0.1) is 13.2 Å². The van der Waals surface area contributed by atoms with Gasteiger partial charge in [0, 0.05) is 20.3 Å². The van der Waals surface area contributed by atoms with E-state index in [1.807, 2.05) is 0 Å². The summed E-state index contributed by atoms with van der Waals surface area (Å²) in [4.78, 5) is 24.0. The lowest BCUT2D eigenvalue weighted by atomic mass is 10.0. The summed E-state index contributed by atoms with van der Waals surface area (Å²) in [7, 11) is 2.90. The van der Waals surface area contributed by atoms with Crippen molar-refractivity contribution in [1.82, 2.24) is 9.13 Å². The van der Waals surface area contributed by atoms with Crippen LogP contribution in [0, 0.1) is 0 Å². The van der Waals surface area contributed by atoms with E-state index in [2.05, 4.69) is 19.6 Å². The molecule has 23 heavy (non-hydrogen) atoms. The summed E-state index contributed by atoms with van der Waals surface area (Å²) < 4.78 is 7.99. The van der Waals surface area contributed by atoms with Crippen molar-refractivity contribution >= 4 is 13.2 Å². The van der Waals surface area contributed by atoms with Gasteiger partial charge in [-0.05, 0) is 25.9 Å². The Morgan fingerprint density at radius 2 is 1.87 bits per heavy atom. The Bertz CT molecular complexity index is 747. The molecule has 1 aliphatic rings. The molecule has 8 heteroatoms. The first-order valence-electron chi connectivity index (χ1n) is 7.48. The number of rotatable bonds is 4. The highest BCUT2D eigenvalue weighted by Gasteiger charge is 2.44. The lowest BCUT2D eigenvalue weighted by Gasteiger charge is -2.18. The number of ether oxygens (including phenoxy) is 1. The van der Waals surface area contributed by atoms with Gasteiger partial charge < -0.3 is 19.5 Å². The van der Waals surface area contributed by atoms with Crippen LogP contribution in [0.4, 0.5) is 0 Å². The molecule has 1 aromatic heterocycles. The van der Waals surface area contributed by atoms with Gasteiger partial charge in [-0.3, -0.25) is 9.36 Å². The van der Waals surface area contributed by atoms with Crippen LogP contribution in [0.5, 0.6) is 0 Å². The van der Waals surface area contributed by atoms with Crippen LogP contribution in [0.2, 0.25) is 0 Å². The zero-order valence-corrected chi connectivity index (χ0v) is 14.9. The number of hydrogen-bond donors (Lipinski definition) is 2. The summed E-state index contributed by atoms with van der Waals surface area (Å²) in [6.45, 7) is 2.90. The normalized spacial score (nSPS) is 28.3. The molecule has 1 saturated heterocycles. The van der Waals surface area contributed by atoms with Crippen LogP contribution in [0.1, 0.15) is 18.1 Å². The average Bonchev–Trinajstić information content (AvgIpc) is 2.74.